The van der Waals surface area contributed by atoms with E-state index >= 15 is 0 Å². The normalized spacial score (nSPS) is 10.6. The fraction of sp³-hybridized carbons (Fsp3) is 0.0526. The average Bonchev–Trinajstić information content (AvgIpc) is 3.05. The van der Waals surface area contributed by atoms with Crippen LogP contribution in [0.5, 0.6) is 0 Å². The molecule has 0 fully saturated rings. The zero-order valence-corrected chi connectivity index (χ0v) is 13.7. The number of rotatable bonds is 5. The van der Waals surface area contributed by atoms with Gasteiger partial charge in [-0.25, -0.2) is 4.98 Å². The van der Waals surface area contributed by atoms with E-state index in [2.05, 4.69) is 25.6 Å². The van der Waals surface area contributed by atoms with Gasteiger partial charge in [0, 0.05) is 12.4 Å². The van der Waals surface area contributed by atoms with Crippen LogP contribution in [0.25, 0.3) is 11.1 Å². The molecule has 26 heavy (non-hydrogen) atoms. The van der Waals surface area contributed by atoms with Crippen LogP contribution >= 0.6 is 0 Å². The highest BCUT2D eigenvalue weighted by Gasteiger charge is 2.10. The second kappa shape index (κ2) is 7.02. The highest BCUT2D eigenvalue weighted by molar-refractivity contribution is 5.92. The molecule has 0 aliphatic carbocycles. The molecule has 0 spiro atoms. The van der Waals surface area contributed by atoms with Crippen molar-refractivity contribution in [1.82, 2.24) is 15.0 Å². The van der Waals surface area contributed by atoms with Crippen molar-refractivity contribution in [3.63, 3.8) is 0 Å². The molecule has 0 saturated heterocycles. The molecule has 0 saturated carbocycles. The maximum atomic E-state index is 12.1. The van der Waals surface area contributed by atoms with Crippen LogP contribution in [0.15, 0.2) is 71.5 Å². The number of benzene rings is 1. The molecule has 4 rings (SSSR count). The zero-order valence-electron chi connectivity index (χ0n) is 13.7. The van der Waals surface area contributed by atoms with Crippen molar-refractivity contribution in [2.45, 2.75) is 6.42 Å². The monoisotopic (exact) mass is 345 g/mol. The second-order valence-corrected chi connectivity index (χ2v) is 5.63. The lowest BCUT2D eigenvalue weighted by Gasteiger charge is -2.03. The SMILES string of the molecule is O=C(Cc1ccc2nc(Nc3cccnc3)oc2c1)Nc1ccccn1. The number of anilines is 3. The minimum atomic E-state index is -0.142. The van der Waals surface area contributed by atoms with Gasteiger partial charge in [-0.15, -0.1) is 0 Å². The van der Waals surface area contributed by atoms with Crippen LogP contribution in [0.4, 0.5) is 17.5 Å². The lowest BCUT2D eigenvalue weighted by atomic mass is 10.1. The topological polar surface area (TPSA) is 92.9 Å². The van der Waals surface area contributed by atoms with Gasteiger partial charge >= 0.3 is 0 Å². The molecule has 0 unspecified atom stereocenters. The standard InChI is InChI=1S/C19H15N5O2/c25-18(24-17-5-1-2-9-21-17)11-13-6-7-15-16(10-13)26-19(23-15)22-14-4-3-8-20-12-14/h1-10,12H,11H2,(H,22,23)(H,21,24,25). The van der Waals surface area contributed by atoms with E-state index < -0.39 is 0 Å². The third-order valence-electron chi connectivity index (χ3n) is 3.66. The molecular formula is C19H15N5O2. The van der Waals surface area contributed by atoms with Crippen molar-refractivity contribution in [2.75, 3.05) is 10.6 Å². The Kier molecular flexibility index (Phi) is 4.26. The second-order valence-electron chi connectivity index (χ2n) is 5.63. The lowest BCUT2D eigenvalue weighted by Crippen LogP contribution is -2.15. The van der Waals surface area contributed by atoms with Crippen LogP contribution in [0.3, 0.4) is 0 Å². The van der Waals surface area contributed by atoms with E-state index in [9.17, 15) is 4.79 Å². The lowest BCUT2D eigenvalue weighted by molar-refractivity contribution is -0.115. The Morgan fingerprint density at radius 1 is 1.08 bits per heavy atom. The summed E-state index contributed by atoms with van der Waals surface area (Å²) in [5.41, 5.74) is 2.94. The number of nitrogens with zero attached hydrogens (tertiary/aromatic N) is 3. The third-order valence-corrected chi connectivity index (χ3v) is 3.66. The number of hydrogen-bond donors (Lipinski definition) is 2. The highest BCUT2D eigenvalue weighted by Crippen LogP contribution is 2.23. The first kappa shape index (κ1) is 15.8. The van der Waals surface area contributed by atoms with E-state index in [-0.39, 0.29) is 12.3 Å². The van der Waals surface area contributed by atoms with Gasteiger partial charge in [-0.2, -0.15) is 4.98 Å². The van der Waals surface area contributed by atoms with Crippen molar-refractivity contribution in [3.05, 3.63) is 72.7 Å². The molecule has 2 N–H and O–H groups in total. The molecule has 128 valence electrons. The molecule has 0 radical (unpaired) electrons. The summed E-state index contributed by atoms with van der Waals surface area (Å²) in [6.07, 6.45) is 5.23. The molecule has 0 bridgehead atoms. The van der Waals surface area contributed by atoms with Crippen molar-refractivity contribution >= 4 is 34.5 Å². The van der Waals surface area contributed by atoms with Gasteiger partial charge in [0.1, 0.15) is 11.3 Å². The number of oxazole rings is 1. The van der Waals surface area contributed by atoms with Crippen LogP contribution in [0, 0.1) is 0 Å². The molecule has 3 heterocycles. The predicted octanol–water partition coefficient (Wildman–Crippen LogP) is 3.54. The van der Waals surface area contributed by atoms with Crippen LogP contribution in [-0.2, 0) is 11.2 Å². The van der Waals surface area contributed by atoms with Gasteiger partial charge in [-0.1, -0.05) is 12.1 Å². The molecule has 1 aromatic carbocycles. The van der Waals surface area contributed by atoms with Crippen molar-refractivity contribution < 1.29 is 9.21 Å². The van der Waals surface area contributed by atoms with Crippen LogP contribution in [-0.4, -0.2) is 20.9 Å². The molecule has 0 aliphatic rings. The van der Waals surface area contributed by atoms with E-state index in [1.54, 1.807) is 30.7 Å². The van der Waals surface area contributed by atoms with Crippen molar-refractivity contribution in [2.24, 2.45) is 0 Å². The summed E-state index contributed by atoms with van der Waals surface area (Å²) in [6, 6.07) is 14.9. The fourth-order valence-corrected chi connectivity index (χ4v) is 2.50. The van der Waals surface area contributed by atoms with Crippen LogP contribution in [0.1, 0.15) is 5.56 Å². The zero-order chi connectivity index (χ0) is 17.8. The summed E-state index contributed by atoms with van der Waals surface area (Å²) in [4.78, 5) is 24.6. The highest BCUT2D eigenvalue weighted by atomic mass is 16.4. The summed E-state index contributed by atoms with van der Waals surface area (Å²) in [7, 11) is 0. The Bertz CT molecular complexity index is 1030. The summed E-state index contributed by atoms with van der Waals surface area (Å²) in [5, 5.41) is 5.82. The Hall–Kier alpha value is -3.74. The first-order chi connectivity index (χ1) is 12.8. The van der Waals surface area contributed by atoms with Gasteiger partial charge in [0.05, 0.1) is 18.3 Å². The molecule has 7 nitrogen and oxygen atoms in total. The summed E-state index contributed by atoms with van der Waals surface area (Å²) in [5.74, 6) is 0.387. The Morgan fingerprint density at radius 3 is 2.85 bits per heavy atom. The number of carbonyl (C=O) groups is 1. The Morgan fingerprint density at radius 2 is 2.04 bits per heavy atom. The summed E-state index contributed by atoms with van der Waals surface area (Å²) in [6.45, 7) is 0. The molecule has 0 aliphatic heterocycles. The maximum Gasteiger partial charge on any atom is 0.300 e. The van der Waals surface area contributed by atoms with Crippen molar-refractivity contribution in [3.8, 4) is 0 Å². The summed E-state index contributed by atoms with van der Waals surface area (Å²) < 4.78 is 5.72. The van der Waals surface area contributed by atoms with E-state index in [1.807, 2.05) is 36.4 Å². The molecular weight excluding hydrogens is 330 g/mol. The van der Waals surface area contributed by atoms with Crippen molar-refractivity contribution in [1.29, 1.82) is 0 Å². The third kappa shape index (κ3) is 3.67. The number of hydrogen-bond acceptors (Lipinski definition) is 6. The fourth-order valence-electron chi connectivity index (χ4n) is 2.50. The van der Waals surface area contributed by atoms with Gasteiger partial charge < -0.3 is 15.1 Å². The number of pyridine rings is 2. The molecule has 1 amide bonds. The van der Waals surface area contributed by atoms with Gasteiger partial charge in [-0.05, 0) is 42.0 Å². The predicted molar refractivity (Wildman–Crippen MR) is 98.1 cm³/mol. The van der Waals surface area contributed by atoms with Gasteiger partial charge in [0.2, 0.25) is 5.91 Å². The molecule has 7 heteroatoms. The summed E-state index contributed by atoms with van der Waals surface area (Å²) >= 11 is 0. The minimum absolute atomic E-state index is 0.142. The Balaban J connectivity index is 1.48. The van der Waals surface area contributed by atoms with Crippen LogP contribution in [0.2, 0.25) is 0 Å². The first-order valence-electron chi connectivity index (χ1n) is 8.04. The Labute approximate surface area is 149 Å². The van der Waals surface area contributed by atoms with E-state index in [0.29, 0.717) is 22.9 Å². The quantitative estimate of drug-likeness (QED) is 0.575. The van der Waals surface area contributed by atoms with E-state index in [0.717, 1.165) is 11.3 Å². The number of amides is 1. The molecule has 3 aromatic heterocycles. The largest absolute Gasteiger partial charge is 0.423 e. The maximum absolute atomic E-state index is 12.1. The van der Waals surface area contributed by atoms with Gasteiger partial charge in [-0.3, -0.25) is 9.78 Å². The van der Waals surface area contributed by atoms with Gasteiger partial charge in [0.25, 0.3) is 6.01 Å². The number of fused-ring (bicyclic) bond motifs is 1. The average molecular weight is 345 g/mol. The van der Waals surface area contributed by atoms with E-state index in [4.69, 9.17) is 4.42 Å². The first-order valence-corrected chi connectivity index (χ1v) is 8.04. The van der Waals surface area contributed by atoms with Gasteiger partial charge in [0.15, 0.2) is 5.58 Å². The number of carbonyl (C=O) groups excluding carboxylic acids is 1. The molecule has 0 atom stereocenters. The number of aromatic nitrogens is 3. The smallest absolute Gasteiger partial charge is 0.300 e. The molecule has 4 aromatic rings. The number of nitrogens with one attached hydrogen (secondary N) is 2. The minimum Gasteiger partial charge on any atom is -0.423 e. The van der Waals surface area contributed by atoms with E-state index in [1.165, 1.54) is 0 Å². The van der Waals surface area contributed by atoms with Crippen LogP contribution < -0.4 is 10.6 Å².